The molecule has 2 rings (SSSR count). The van der Waals surface area contributed by atoms with Crippen LogP contribution in [-0.4, -0.2) is 30.8 Å². The first-order valence-electron chi connectivity index (χ1n) is 7.30. The zero-order chi connectivity index (χ0) is 14.4. The van der Waals surface area contributed by atoms with Crippen molar-refractivity contribution in [2.24, 2.45) is 5.92 Å². The molecule has 0 N–H and O–H groups in total. The summed E-state index contributed by atoms with van der Waals surface area (Å²) in [5.74, 6) is -0.0410. The highest BCUT2D eigenvalue weighted by atomic mass is 16.6. The number of carbonyl (C=O) groups is 2. The first kappa shape index (κ1) is 15.0. The predicted molar refractivity (Wildman–Crippen MR) is 71.7 cm³/mol. The lowest BCUT2D eigenvalue weighted by Crippen LogP contribution is -2.20. The monoisotopic (exact) mass is 282 g/mol. The molecule has 0 radical (unpaired) electrons. The van der Waals surface area contributed by atoms with Gasteiger partial charge >= 0.3 is 11.9 Å². The first-order chi connectivity index (χ1) is 9.69. The zero-order valence-corrected chi connectivity index (χ0v) is 11.7. The molecule has 0 aromatic rings. The number of ether oxygens (including phenoxy) is 3. The maximum atomic E-state index is 11.6. The minimum atomic E-state index is -0.311. The van der Waals surface area contributed by atoms with Crippen LogP contribution in [0.4, 0.5) is 0 Å². The molecule has 1 saturated heterocycles. The molecular formula is C15H22O5. The van der Waals surface area contributed by atoms with Crippen molar-refractivity contribution in [1.29, 1.82) is 0 Å². The normalized spacial score (nSPS) is 27.3. The molecule has 5 nitrogen and oxygen atoms in total. The molecule has 1 aliphatic heterocycles. The second-order valence-electron chi connectivity index (χ2n) is 5.44. The Balaban J connectivity index is 1.47. The number of epoxide rings is 1. The number of unbranched alkanes of at least 4 members (excludes halogenated alkanes) is 1. The van der Waals surface area contributed by atoms with Crippen LogP contribution in [0.25, 0.3) is 0 Å². The molecule has 2 aliphatic rings. The smallest absolute Gasteiger partial charge is 0.310 e. The van der Waals surface area contributed by atoms with Gasteiger partial charge in [-0.05, 0) is 38.0 Å². The van der Waals surface area contributed by atoms with Gasteiger partial charge in [0.25, 0.3) is 0 Å². The summed E-state index contributed by atoms with van der Waals surface area (Å²) < 4.78 is 15.3. The Morgan fingerprint density at radius 3 is 2.60 bits per heavy atom. The molecule has 3 unspecified atom stereocenters. The molecule has 0 aromatic heterocycles. The van der Waals surface area contributed by atoms with E-state index in [-0.39, 0.29) is 11.9 Å². The maximum absolute atomic E-state index is 11.6. The molecule has 0 aromatic carbocycles. The number of rotatable bonds is 8. The highest BCUT2D eigenvalue weighted by Gasteiger charge is 2.43. The third-order valence-electron chi connectivity index (χ3n) is 3.82. The van der Waals surface area contributed by atoms with Crippen LogP contribution in [0.3, 0.4) is 0 Å². The van der Waals surface area contributed by atoms with Crippen molar-refractivity contribution in [3.63, 3.8) is 0 Å². The third-order valence-corrected chi connectivity index (χ3v) is 3.82. The molecule has 0 amide bonds. The molecule has 0 bridgehead atoms. The quantitative estimate of drug-likeness (QED) is 0.296. The second kappa shape index (κ2) is 7.43. The minimum absolute atomic E-state index is 0.180. The van der Waals surface area contributed by atoms with Gasteiger partial charge in [-0.1, -0.05) is 6.58 Å². The average Bonchev–Trinajstić information content (AvgIpc) is 3.20. The standard InChI is InChI=1S/C15H22O5/c1-2-18-14(16)5-3-4-6-15(17)19-10-11-7-8-12-13(9-11)20-12/h2,11-13H,1,3-10H2. The van der Waals surface area contributed by atoms with E-state index in [0.29, 0.717) is 50.4 Å². The highest BCUT2D eigenvalue weighted by Crippen LogP contribution is 2.39. The van der Waals surface area contributed by atoms with Crippen LogP contribution in [0.5, 0.6) is 0 Å². The fourth-order valence-electron chi connectivity index (χ4n) is 2.61. The van der Waals surface area contributed by atoms with Crippen LogP contribution in [0.15, 0.2) is 12.8 Å². The Morgan fingerprint density at radius 2 is 1.90 bits per heavy atom. The lowest BCUT2D eigenvalue weighted by atomic mass is 9.90. The van der Waals surface area contributed by atoms with Crippen molar-refractivity contribution in [2.45, 2.75) is 57.2 Å². The van der Waals surface area contributed by atoms with E-state index in [4.69, 9.17) is 9.47 Å². The molecule has 1 saturated carbocycles. The summed E-state index contributed by atoms with van der Waals surface area (Å²) in [6.07, 6.45) is 7.16. The van der Waals surface area contributed by atoms with Crippen LogP contribution >= 0.6 is 0 Å². The molecule has 1 aliphatic carbocycles. The van der Waals surface area contributed by atoms with Gasteiger partial charge in [-0.2, -0.15) is 0 Å². The Bertz CT molecular complexity index is 365. The van der Waals surface area contributed by atoms with E-state index in [0.717, 1.165) is 25.5 Å². The summed E-state index contributed by atoms with van der Waals surface area (Å²) >= 11 is 0. The highest BCUT2D eigenvalue weighted by molar-refractivity contribution is 5.70. The van der Waals surface area contributed by atoms with Crippen molar-refractivity contribution in [2.75, 3.05) is 6.61 Å². The molecule has 0 spiro atoms. The van der Waals surface area contributed by atoms with Crippen molar-refractivity contribution in [3.8, 4) is 0 Å². The molecule has 1 heterocycles. The van der Waals surface area contributed by atoms with Gasteiger partial charge in [-0.25, -0.2) is 0 Å². The Labute approximate surface area is 119 Å². The Morgan fingerprint density at radius 1 is 1.15 bits per heavy atom. The van der Waals surface area contributed by atoms with Gasteiger partial charge in [-0.15, -0.1) is 0 Å². The summed E-state index contributed by atoms with van der Waals surface area (Å²) in [6, 6.07) is 0. The van der Waals surface area contributed by atoms with E-state index in [1.165, 1.54) is 0 Å². The Hall–Kier alpha value is -1.36. The van der Waals surface area contributed by atoms with Crippen molar-refractivity contribution >= 4 is 11.9 Å². The van der Waals surface area contributed by atoms with E-state index in [1.54, 1.807) is 0 Å². The molecular weight excluding hydrogens is 260 g/mol. The largest absolute Gasteiger partial charge is 0.465 e. The summed E-state index contributed by atoms with van der Waals surface area (Å²) in [5, 5.41) is 0. The summed E-state index contributed by atoms with van der Waals surface area (Å²) in [5.41, 5.74) is 0. The fourth-order valence-corrected chi connectivity index (χ4v) is 2.61. The van der Waals surface area contributed by atoms with Gasteiger partial charge in [0.1, 0.15) is 0 Å². The van der Waals surface area contributed by atoms with Crippen molar-refractivity contribution in [3.05, 3.63) is 12.8 Å². The number of esters is 2. The predicted octanol–water partition coefficient (Wildman–Crippen LogP) is 2.34. The van der Waals surface area contributed by atoms with Gasteiger partial charge < -0.3 is 14.2 Å². The molecule has 2 fully saturated rings. The van der Waals surface area contributed by atoms with Gasteiger partial charge in [0.15, 0.2) is 0 Å². The number of hydrogen-bond donors (Lipinski definition) is 0. The first-order valence-corrected chi connectivity index (χ1v) is 7.30. The number of hydrogen-bond acceptors (Lipinski definition) is 5. The van der Waals surface area contributed by atoms with Gasteiger partial charge in [0, 0.05) is 12.8 Å². The SMILES string of the molecule is C=COC(=O)CCCCC(=O)OCC1CCC2OC2C1. The van der Waals surface area contributed by atoms with Crippen LogP contribution < -0.4 is 0 Å². The van der Waals surface area contributed by atoms with Crippen LogP contribution in [0, 0.1) is 5.92 Å². The van der Waals surface area contributed by atoms with Crippen LogP contribution in [0.2, 0.25) is 0 Å². The lowest BCUT2D eigenvalue weighted by Gasteiger charge is -2.18. The number of fused-ring (bicyclic) bond motifs is 1. The van der Waals surface area contributed by atoms with E-state index in [9.17, 15) is 9.59 Å². The third kappa shape index (κ3) is 4.96. The zero-order valence-electron chi connectivity index (χ0n) is 11.7. The summed E-state index contributed by atoms with van der Waals surface area (Å²) in [6.45, 7) is 3.81. The molecule has 3 atom stereocenters. The van der Waals surface area contributed by atoms with Crippen molar-refractivity contribution in [1.82, 2.24) is 0 Å². The molecule has 5 heteroatoms. The van der Waals surface area contributed by atoms with Crippen molar-refractivity contribution < 1.29 is 23.8 Å². The van der Waals surface area contributed by atoms with Crippen LogP contribution in [-0.2, 0) is 23.8 Å². The van der Waals surface area contributed by atoms with E-state index in [1.807, 2.05) is 0 Å². The van der Waals surface area contributed by atoms with E-state index < -0.39 is 0 Å². The maximum Gasteiger partial charge on any atom is 0.310 e. The van der Waals surface area contributed by atoms with Gasteiger partial charge in [-0.3, -0.25) is 9.59 Å². The Kier molecular flexibility index (Phi) is 5.59. The fraction of sp³-hybridized carbons (Fsp3) is 0.733. The minimum Gasteiger partial charge on any atom is -0.465 e. The van der Waals surface area contributed by atoms with Gasteiger partial charge in [0.2, 0.25) is 0 Å². The summed E-state index contributed by atoms with van der Waals surface area (Å²) in [7, 11) is 0. The second-order valence-corrected chi connectivity index (χ2v) is 5.44. The lowest BCUT2D eigenvalue weighted by molar-refractivity contribution is -0.146. The van der Waals surface area contributed by atoms with Crippen LogP contribution in [0.1, 0.15) is 44.9 Å². The number of carbonyl (C=O) groups excluding carboxylic acids is 2. The molecule has 112 valence electrons. The van der Waals surface area contributed by atoms with E-state index >= 15 is 0 Å². The topological polar surface area (TPSA) is 65.1 Å². The van der Waals surface area contributed by atoms with E-state index in [2.05, 4.69) is 11.3 Å². The summed E-state index contributed by atoms with van der Waals surface area (Å²) in [4.78, 5) is 22.6. The molecule has 20 heavy (non-hydrogen) atoms. The van der Waals surface area contributed by atoms with Gasteiger partial charge in [0.05, 0.1) is 25.1 Å². The average molecular weight is 282 g/mol.